The standard InChI is InChI=1S/C12H22BrNO/c1-12(2,3)11(15)14-8-10-6-4-5-9(10)7-13/h9-10H,4-8H2,1-3H3,(H,14,15). The van der Waals surface area contributed by atoms with Crippen molar-refractivity contribution in [3.63, 3.8) is 0 Å². The van der Waals surface area contributed by atoms with E-state index in [-0.39, 0.29) is 11.3 Å². The second-order valence-corrected chi connectivity index (χ2v) is 6.21. The summed E-state index contributed by atoms with van der Waals surface area (Å²) in [4.78, 5) is 11.7. The molecular formula is C12H22BrNO. The zero-order valence-corrected chi connectivity index (χ0v) is 11.6. The quantitative estimate of drug-likeness (QED) is 0.789. The summed E-state index contributed by atoms with van der Waals surface area (Å²) in [5, 5.41) is 4.14. The number of amides is 1. The third kappa shape index (κ3) is 3.78. The zero-order valence-electron chi connectivity index (χ0n) is 9.98. The predicted molar refractivity (Wildman–Crippen MR) is 67.1 cm³/mol. The molecule has 1 aliphatic carbocycles. The summed E-state index contributed by atoms with van der Waals surface area (Å²) in [7, 11) is 0. The van der Waals surface area contributed by atoms with Gasteiger partial charge in [0.1, 0.15) is 0 Å². The molecule has 0 aromatic rings. The fourth-order valence-corrected chi connectivity index (χ4v) is 2.93. The number of rotatable bonds is 3. The molecule has 2 atom stereocenters. The molecule has 15 heavy (non-hydrogen) atoms. The van der Waals surface area contributed by atoms with E-state index in [2.05, 4.69) is 21.2 Å². The molecule has 1 fully saturated rings. The van der Waals surface area contributed by atoms with Crippen LogP contribution in [0, 0.1) is 17.3 Å². The van der Waals surface area contributed by atoms with Crippen LogP contribution in [0.25, 0.3) is 0 Å². The van der Waals surface area contributed by atoms with E-state index in [1.807, 2.05) is 20.8 Å². The van der Waals surface area contributed by atoms with Crippen LogP contribution in [0.3, 0.4) is 0 Å². The molecule has 0 radical (unpaired) electrons. The van der Waals surface area contributed by atoms with Crippen molar-refractivity contribution < 1.29 is 4.79 Å². The van der Waals surface area contributed by atoms with Crippen LogP contribution < -0.4 is 5.32 Å². The van der Waals surface area contributed by atoms with Crippen LogP contribution >= 0.6 is 15.9 Å². The number of hydrogen-bond acceptors (Lipinski definition) is 1. The highest BCUT2D eigenvalue weighted by molar-refractivity contribution is 9.09. The number of nitrogens with one attached hydrogen (secondary N) is 1. The molecule has 1 rings (SSSR count). The average molecular weight is 276 g/mol. The van der Waals surface area contributed by atoms with Crippen molar-refractivity contribution >= 4 is 21.8 Å². The van der Waals surface area contributed by atoms with E-state index in [4.69, 9.17) is 0 Å². The van der Waals surface area contributed by atoms with Gasteiger partial charge in [0, 0.05) is 17.3 Å². The lowest BCUT2D eigenvalue weighted by Crippen LogP contribution is -2.38. The first kappa shape index (κ1) is 13.0. The Bertz CT molecular complexity index is 222. The molecule has 2 unspecified atom stereocenters. The Hall–Kier alpha value is -0.0500. The molecule has 1 aliphatic rings. The Labute approximate surface area is 101 Å². The van der Waals surface area contributed by atoms with Crippen LogP contribution in [-0.4, -0.2) is 17.8 Å². The number of alkyl halides is 1. The highest BCUT2D eigenvalue weighted by Gasteiger charge is 2.28. The Morgan fingerprint density at radius 1 is 1.33 bits per heavy atom. The minimum absolute atomic E-state index is 0.169. The summed E-state index contributed by atoms with van der Waals surface area (Å²) in [6.45, 7) is 6.73. The first-order valence-corrected chi connectivity index (χ1v) is 6.91. The normalized spacial score (nSPS) is 26.7. The van der Waals surface area contributed by atoms with E-state index in [9.17, 15) is 4.79 Å². The van der Waals surface area contributed by atoms with Gasteiger partial charge in [-0.25, -0.2) is 0 Å². The van der Waals surface area contributed by atoms with Crippen molar-refractivity contribution in [2.75, 3.05) is 11.9 Å². The summed E-state index contributed by atoms with van der Waals surface area (Å²) in [5.41, 5.74) is -0.261. The van der Waals surface area contributed by atoms with Crippen LogP contribution in [0.1, 0.15) is 40.0 Å². The highest BCUT2D eigenvalue weighted by atomic mass is 79.9. The van der Waals surface area contributed by atoms with Crippen molar-refractivity contribution in [2.24, 2.45) is 17.3 Å². The van der Waals surface area contributed by atoms with Gasteiger partial charge in [0.25, 0.3) is 0 Å². The Balaban J connectivity index is 2.34. The molecule has 88 valence electrons. The third-order valence-electron chi connectivity index (χ3n) is 3.22. The highest BCUT2D eigenvalue weighted by Crippen LogP contribution is 2.32. The Morgan fingerprint density at radius 2 is 1.93 bits per heavy atom. The summed E-state index contributed by atoms with van der Waals surface area (Å²) >= 11 is 3.55. The molecule has 0 heterocycles. The molecule has 0 saturated heterocycles. The zero-order chi connectivity index (χ0) is 11.5. The van der Waals surface area contributed by atoms with Gasteiger partial charge in [-0.15, -0.1) is 0 Å². The number of carbonyl (C=O) groups is 1. The first-order valence-electron chi connectivity index (χ1n) is 5.79. The van der Waals surface area contributed by atoms with Gasteiger partial charge >= 0.3 is 0 Å². The minimum atomic E-state index is -0.261. The summed E-state index contributed by atoms with van der Waals surface area (Å²) in [6.07, 6.45) is 3.88. The van der Waals surface area contributed by atoms with Crippen LogP contribution in [0.2, 0.25) is 0 Å². The second-order valence-electron chi connectivity index (χ2n) is 5.57. The maximum atomic E-state index is 11.7. The van der Waals surface area contributed by atoms with Crippen molar-refractivity contribution in [1.29, 1.82) is 0 Å². The average Bonchev–Trinajstić information content (AvgIpc) is 2.59. The van der Waals surface area contributed by atoms with Crippen molar-refractivity contribution in [3.05, 3.63) is 0 Å². The van der Waals surface area contributed by atoms with Gasteiger partial charge in [-0.2, -0.15) is 0 Å². The molecular weight excluding hydrogens is 254 g/mol. The fourth-order valence-electron chi connectivity index (χ4n) is 2.07. The fraction of sp³-hybridized carbons (Fsp3) is 0.917. The summed E-state index contributed by atoms with van der Waals surface area (Å²) < 4.78 is 0. The number of hydrogen-bond donors (Lipinski definition) is 1. The van der Waals surface area contributed by atoms with E-state index in [1.54, 1.807) is 0 Å². The SMILES string of the molecule is CC(C)(C)C(=O)NCC1CCCC1CBr. The van der Waals surface area contributed by atoms with Gasteiger partial charge in [-0.3, -0.25) is 4.79 Å². The molecule has 0 aromatic carbocycles. The predicted octanol–water partition coefficient (Wildman–Crippen LogP) is 2.96. The van der Waals surface area contributed by atoms with Gasteiger partial charge < -0.3 is 5.32 Å². The van der Waals surface area contributed by atoms with Crippen molar-refractivity contribution in [3.8, 4) is 0 Å². The molecule has 0 bridgehead atoms. The van der Waals surface area contributed by atoms with Gasteiger partial charge in [-0.05, 0) is 24.7 Å². The molecule has 0 aliphatic heterocycles. The third-order valence-corrected chi connectivity index (χ3v) is 4.05. The van der Waals surface area contributed by atoms with Crippen molar-refractivity contribution in [2.45, 2.75) is 40.0 Å². The smallest absolute Gasteiger partial charge is 0.225 e. The lowest BCUT2D eigenvalue weighted by molar-refractivity contribution is -0.128. The topological polar surface area (TPSA) is 29.1 Å². The Kier molecular flexibility index (Phi) is 4.63. The van der Waals surface area contributed by atoms with E-state index < -0.39 is 0 Å². The molecule has 1 amide bonds. The van der Waals surface area contributed by atoms with E-state index >= 15 is 0 Å². The maximum absolute atomic E-state index is 11.7. The summed E-state index contributed by atoms with van der Waals surface area (Å²) in [5.74, 6) is 1.60. The van der Waals surface area contributed by atoms with Gasteiger partial charge in [0.15, 0.2) is 0 Å². The van der Waals surface area contributed by atoms with E-state index in [1.165, 1.54) is 19.3 Å². The van der Waals surface area contributed by atoms with Crippen LogP contribution in [0.4, 0.5) is 0 Å². The molecule has 1 saturated carbocycles. The maximum Gasteiger partial charge on any atom is 0.225 e. The molecule has 0 spiro atoms. The lowest BCUT2D eigenvalue weighted by Gasteiger charge is -2.22. The van der Waals surface area contributed by atoms with E-state index in [0.29, 0.717) is 5.92 Å². The van der Waals surface area contributed by atoms with Crippen molar-refractivity contribution in [1.82, 2.24) is 5.32 Å². The van der Waals surface area contributed by atoms with Gasteiger partial charge in [-0.1, -0.05) is 43.1 Å². The monoisotopic (exact) mass is 275 g/mol. The van der Waals surface area contributed by atoms with Crippen LogP contribution in [0.5, 0.6) is 0 Å². The minimum Gasteiger partial charge on any atom is -0.355 e. The Morgan fingerprint density at radius 3 is 2.47 bits per heavy atom. The second kappa shape index (κ2) is 5.33. The largest absolute Gasteiger partial charge is 0.355 e. The first-order chi connectivity index (χ1) is 6.95. The molecule has 2 nitrogen and oxygen atoms in total. The molecule has 0 aromatic heterocycles. The molecule has 3 heteroatoms. The van der Waals surface area contributed by atoms with Gasteiger partial charge in [0.2, 0.25) is 5.91 Å². The molecule has 1 N–H and O–H groups in total. The van der Waals surface area contributed by atoms with Crippen LogP contribution in [0.15, 0.2) is 0 Å². The summed E-state index contributed by atoms with van der Waals surface area (Å²) in [6, 6.07) is 0. The van der Waals surface area contributed by atoms with Crippen LogP contribution in [-0.2, 0) is 4.79 Å². The van der Waals surface area contributed by atoms with Gasteiger partial charge in [0.05, 0.1) is 0 Å². The van der Waals surface area contributed by atoms with E-state index in [0.717, 1.165) is 17.8 Å². The lowest BCUT2D eigenvalue weighted by atomic mass is 9.94. The number of halogens is 1. The number of carbonyl (C=O) groups excluding carboxylic acids is 1.